The molecule has 0 fully saturated rings. The maximum Gasteiger partial charge on any atom is 0.226 e. The normalized spacial score (nSPS) is 12.3. The van der Waals surface area contributed by atoms with E-state index in [4.69, 9.17) is 0 Å². The number of amides is 1. The van der Waals surface area contributed by atoms with Gasteiger partial charge in [0, 0.05) is 17.8 Å². The van der Waals surface area contributed by atoms with Crippen LogP contribution in [0.25, 0.3) is 0 Å². The minimum atomic E-state index is 0.0819. The van der Waals surface area contributed by atoms with Gasteiger partial charge in [-0.15, -0.1) is 11.3 Å². The molecule has 0 saturated heterocycles. The standard InChI is InChI=1S/C15H27N3OS/c1-4-5-6-7-8-9-10-14(19)18-15-17-13(11-20-15)12(2)16-3/h11-12,16H,4-10H2,1-3H3,(H,17,18,19). The van der Waals surface area contributed by atoms with Crippen LogP contribution in [0.1, 0.15) is 70.5 Å². The summed E-state index contributed by atoms with van der Waals surface area (Å²) in [6.07, 6.45) is 7.81. The number of hydrogen-bond acceptors (Lipinski definition) is 4. The van der Waals surface area contributed by atoms with E-state index in [9.17, 15) is 4.79 Å². The molecule has 0 aromatic carbocycles. The van der Waals surface area contributed by atoms with Crippen LogP contribution in [-0.2, 0) is 4.79 Å². The van der Waals surface area contributed by atoms with E-state index >= 15 is 0 Å². The molecule has 4 nitrogen and oxygen atoms in total. The fourth-order valence-electron chi connectivity index (χ4n) is 1.94. The minimum absolute atomic E-state index is 0.0819. The maximum absolute atomic E-state index is 11.8. The molecule has 0 saturated carbocycles. The van der Waals surface area contributed by atoms with Gasteiger partial charge < -0.3 is 10.6 Å². The molecule has 0 bridgehead atoms. The number of thiazole rings is 1. The van der Waals surface area contributed by atoms with Crippen molar-refractivity contribution in [2.24, 2.45) is 0 Å². The van der Waals surface area contributed by atoms with Crippen molar-refractivity contribution < 1.29 is 4.79 Å². The summed E-state index contributed by atoms with van der Waals surface area (Å²) in [5, 5.41) is 8.72. The average Bonchev–Trinajstić information content (AvgIpc) is 2.90. The van der Waals surface area contributed by atoms with Crippen molar-refractivity contribution in [1.82, 2.24) is 10.3 Å². The fourth-order valence-corrected chi connectivity index (χ4v) is 2.76. The molecule has 20 heavy (non-hydrogen) atoms. The van der Waals surface area contributed by atoms with Gasteiger partial charge in [-0.05, 0) is 20.4 Å². The average molecular weight is 297 g/mol. The van der Waals surface area contributed by atoms with Gasteiger partial charge in [-0.25, -0.2) is 4.98 Å². The smallest absolute Gasteiger partial charge is 0.226 e. The Labute approximate surface area is 126 Å². The van der Waals surface area contributed by atoms with E-state index in [0.717, 1.165) is 18.5 Å². The number of hydrogen-bond donors (Lipinski definition) is 2. The molecule has 0 spiro atoms. The van der Waals surface area contributed by atoms with Crippen molar-refractivity contribution in [2.45, 2.75) is 64.8 Å². The fraction of sp³-hybridized carbons (Fsp3) is 0.733. The maximum atomic E-state index is 11.8. The highest BCUT2D eigenvalue weighted by molar-refractivity contribution is 7.13. The molecule has 1 amide bonds. The molecular formula is C15H27N3OS. The van der Waals surface area contributed by atoms with Crippen LogP contribution in [0.5, 0.6) is 0 Å². The molecule has 114 valence electrons. The van der Waals surface area contributed by atoms with Crippen molar-refractivity contribution in [1.29, 1.82) is 0 Å². The topological polar surface area (TPSA) is 54.0 Å². The zero-order chi connectivity index (χ0) is 14.8. The molecule has 1 heterocycles. The third-order valence-electron chi connectivity index (χ3n) is 3.40. The van der Waals surface area contributed by atoms with Gasteiger partial charge in [0.25, 0.3) is 0 Å². The second-order valence-corrected chi connectivity index (χ2v) is 6.01. The zero-order valence-corrected chi connectivity index (χ0v) is 13.7. The van der Waals surface area contributed by atoms with Crippen molar-refractivity contribution in [2.75, 3.05) is 12.4 Å². The summed E-state index contributed by atoms with van der Waals surface area (Å²) in [5.74, 6) is 0.0819. The third-order valence-corrected chi connectivity index (χ3v) is 4.18. The summed E-state index contributed by atoms with van der Waals surface area (Å²) >= 11 is 1.49. The Morgan fingerprint density at radius 3 is 2.70 bits per heavy atom. The lowest BCUT2D eigenvalue weighted by Crippen LogP contribution is -2.14. The van der Waals surface area contributed by atoms with Crippen LogP contribution in [0, 0.1) is 0 Å². The van der Waals surface area contributed by atoms with Crippen molar-refractivity contribution in [3.05, 3.63) is 11.1 Å². The van der Waals surface area contributed by atoms with Crippen LogP contribution in [0.3, 0.4) is 0 Å². The number of carbonyl (C=O) groups is 1. The number of carbonyl (C=O) groups excluding carboxylic acids is 1. The number of anilines is 1. The van der Waals surface area contributed by atoms with E-state index in [1.54, 1.807) is 0 Å². The molecule has 1 atom stereocenters. The highest BCUT2D eigenvalue weighted by Gasteiger charge is 2.10. The van der Waals surface area contributed by atoms with Gasteiger partial charge in [-0.2, -0.15) is 0 Å². The second kappa shape index (κ2) is 9.88. The Bertz CT molecular complexity index is 392. The first-order valence-electron chi connectivity index (χ1n) is 7.60. The highest BCUT2D eigenvalue weighted by atomic mass is 32.1. The van der Waals surface area contributed by atoms with Gasteiger partial charge >= 0.3 is 0 Å². The molecular weight excluding hydrogens is 270 g/mol. The lowest BCUT2D eigenvalue weighted by molar-refractivity contribution is -0.116. The zero-order valence-electron chi connectivity index (χ0n) is 12.9. The van der Waals surface area contributed by atoms with Gasteiger partial charge in [0.2, 0.25) is 5.91 Å². The lowest BCUT2D eigenvalue weighted by Gasteiger charge is -2.05. The summed E-state index contributed by atoms with van der Waals surface area (Å²) in [6, 6.07) is 0.218. The summed E-state index contributed by atoms with van der Waals surface area (Å²) in [5.41, 5.74) is 0.979. The Kier molecular flexibility index (Phi) is 8.46. The number of nitrogens with zero attached hydrogens (tertiary/aromatic N) is 1. The second-order valence-electron chi connectivity index (χ2n) is 5.15. The number of rotatable bonds is 10. The molecule has 2 N–H and O–H groups in total. The van der Waals surface area contributed by atoms with E-state index in [1.165, 1.54) is 37.0 Å². The van der Waals surface area contributed by atoms with Crippen LogP contribution < -0.4 is 10.6 Å². The Morgan fingerprint density at radius 1 is 1.30 bits per heavy atom. The minimum Gasteiger partial charge on any atom is -0.312 e. The quantitative estimate of drug-likeness (QED) is 0.639. The van der Waals surface area contributed by atoms with Crippen LogP contribution in [-0.4, -0.2) is 17.9 Å². The Balaban J connectivity index is 2.20. The molecule has 0 radical (unpaired) electrons. The summed E-state index contributed by atoms with van der Waals surface area (Å²) in [4.78, 5) is 16.2. The van der Waals surface area contributed by atoms with Crippen LogP contribution in [0.2, 0.25) is 0 Å². The van der Waals surface area contributed by atoms with E-state index in [-0.39, 0.29) is 11.9 Å². The first-order chi connectivity index (χ1) is 9.67. The van der Waals surface area contributed by atoms with E-state index < -0.39 is 0 Å². The first kappa shape index (κ1) is 17.1. The van der Waals surface area contributed by atoms with Gasteiger partial charge in [-0.3, -0.25) is 4.79 Å². The molecule has 1 aromatic heterocycles. The van der Waals surface area contributed by atoms with Gasteiger partial charge in [-0.1, -0.05) is 39.0 Å². The van der Waals surface area contributed by atoms with Crippen molar-refractivity contribution >= 4 is 22.4 Å². The van der Waals surface area contributed by atoms with Crippen molar-refractivity contribution in [3.63, 3.8) is 0 Å². The molecule has 5 heteroatoms. The largest absolute Gasteiger partial charge is 0.312 e. The van der Waals surface area contributed by atoms with Gasteiger partial charge in [0.05, 0.1) is 5.69 Å². The lowest BCUT2D eigenvalue weighted by atomic mass is 10.1. The number of unbranched alkanes of at least 4 members (excludes halogenated alkanes) is 5. The summed E-state index contributed by atoms with van der Waals surface area (Å²) < 4.78 is 0. The first-order valence-corrected chi connectivity index (χ1v) is 8.47. The van der Waals surface area contributed by atoms with Crippen LogP contribution >= 0.6 is 11.3 Å². The predicted octanol–water partition coefficient (Wildman–Crippen LogP) is 4.11. The molecule has 1 rings (SSSR count). The van der Waals surface area contributed by atoms with Crippen molar-refractivity contribution in [3.8, 4) is 0 Å². The Hall–Kier alpha value is -0.940. The number of aromatic nitrogens is 1. The molecule has 1 unspecified atom stereocenters. The highest BCUT2D eigenvalue weighted by Crippen LogP contribution is 2.20. The molecule has 0 aliphatic carbocycles. The van der Waals surface area contributed by atoms with Gasteiger partial charge in [0.15, 0.2) is 5.13 Å². The molecule has 0 aliphatic heterocycles. The summed E-state index contributed by atoms with van der Waals surface area (Å²) in [6.45, 7) is 4.27. The Morgan fingerprint density at radius 2 is 2.00 bits per heavy atom. The number of nitrogens with one attached hydrogen (secondary N) is 2. The predicted molar refractivity (Wildman–Crippen MR) is 86.2 cm³/mol. The van der Waals surface area contributed by atoms with Crippen LogP contribution in [0.15, 0.2) is 5.38 Å². The van der Waals surface area contributed by atoms with E-state index in [2.05, 4.69) is 29.5 Å². The third kappa shape index (κ3) is 6.48. The SMILES string of the molecule is CCCCCCCCC(=O)Nc1nc(C(C)NC)cs1. The van der Waals surface area contributed by atoms with Crippen LogP contribution in [0.4, 0.5) is 5.13 Å². The molecule has 1 aromatic rings. The molecule has 0 aliphatic rings. The van der Waals surface area contributed by atoms with E-state index in [1.807, 2.05) is 12.4 Å². The summed E-state index contributed by atoms with van der Waals surface area (Å²) in [7, 11) is 1.90. The monoisotopic (exact) mass is 297 g/mol. The van der Waals surface area contributed by atoms with Gasteiger partial charge in [0.1, 0.15) is 0 Å². The van der Waals surface area contributed by atoms with E-state index in [0.29, 0.717) is 11.6 Å².